The second-order valence-electron chi connectivity index (χ2n) is 4.72. The van der Waals surface area contributed by atoms with Crippen LogP contribution in [0.4, 0.5) is 0 Å². The molecule has 1 N–H and O–H groups in total. The summed E-state index contributed by atoms with van der Waals surface area (Å²) in [6.45, 7) is 11.5. The molecule has 0 saturated carbocycles. The van der Waals surface area contributed by atoms with E-state index in [2.05, 4.69) is 18.5 Å². The van der Waals surface area contributed by atoms with Gasteiger partial charge in [-0.05, 0) is 33.9 Å². The Hall–Kier alpha value is -1.66. The number of hydrogen-bond acceptors (Lipinski definition) is 6. The summed E-state index contributed by atoms with van der Waals surface area (Å²) in [6, 6.07) is 0. The molecule has 0 spiro atoms. The second-order valence-corrected chi connectivity index (χ2v) is 4.72. The first kappa shape index (κ1) is 19.3. The summed E-state index contributed by atoms with van der Waals surface area (Å²) in [5.41, 5.74) is 0.566. The van der Waals surface area contributed by atoms with Crippen molar-refractivity contribution in [1.82, 2.24) is 5.32 Å². The van der Waals surface area contributed by atoms with Crippen LogP contribution in [0.1, 0.15) is 20.3 Å². The van der Waals surface area contributed by atoms with E-state index in [1.54, 1.807) is 13.8 Å². The first-order valence-electron chi connectivity index (χ1n) is 6.80. The molecule has 0 aromatic rings. The highest BCUT2D eigenvalue weighted by atomic mass is 16.6. The van der Waals surface area contributed by atoms with E-state index < -0.39 is 18.0 Å². The molecular formula is C15H25NO5. The average Bonchev–Trinajstić information content (AvgIpc) is 2.43. The number of ether oxygens (including phenoxy) is 3. The van der Waals surface area contributed by atoms with Gasteiger partial charge in [0.2, 0.25) is 0 Å². The minimum atomic E-state index is -0.660. The van der Waals surface area contributed by atoms with E-state index in [9.17, 15) is 9.59 Å². The van der Waals surface area contributed by atoms with E-state index in [1.807, 2.05) is 7.05 Å². The van der Waals surface area contributed by atoms with Gasteiger partial charge in [0.25, 0.3) is 0 Å². The largest absolute Gasteiger partial charge is 0.458 e. The normalized spacial score (nSPS) is 11.6. The van der Waals surface area contributed by atoms with Gasteiger partial charge in [0.1, 0.15) is 6.61 Å². The number of carbonyl (C=O) groups excluding carboxylic acids is 2. The molecule has 0 radical (unpaired) electrons. The quantitative estimate of drug-likeness (QED) is 0.351. The molecule has 6 nitrogen and oxygen atoms in total. The molecule has 0 bridgehead atoms. The highest BCUT2D eigenvalue weighted by Crippen LogP contribution is 2.03. The predicted octanol–water partition coefficient (Wildman–Crippen LogP) is 1.22. The lowest BCUT2D eigenvalue weighted by atomic mass is 10.3. The fourth-order valence-electron chi connectivity index (χ4n) is 1.23. The maximum atomic E-state index is 11.5. The second kappa shape index (κ2) is 11.0. The van der Waals surface area contributed by atoms with E-state index in [-0.39, 0.29) is 24.4 Å². The number of rotatable bonds is 11. The van der Waals surface area contributed by atoms with Crippen molar-refractivity contribution in [2.45, 2.75) is 26.4 Å². The zero-order valence-electron chi connectivity index (χ0n) is 13.1. The standard InChI is InChI=1S/C15H25NO5/c1-11(2)14(17)20-10-13(21-15(18)12(3)4)9-19-8-6-7-16-5/h13,16H,1,3,6-10H2,2,4-5H3. The smallest absolute Gasteiger partial charge is 0.333 e. The highest BCUT2D eigenvalue weighted by Gasteiger charge is 2.18. The summed E-state index contributed by atoms with van der Waals surface area (Å²) >= 11 is 0. The zero-order chi connectivity index (χ0) is 16.3. The van der Waals surface area contributed by atoms with Crippen molar-refractivity contribution in [3.05, 3.63) is 24.3 Å². The molecule has 0 aromatic heterocycles. The van der Waals surface area contributed by atoms with Gasteiger partial charge in [0.15, 0.2) is 6.10 Å². The van der Waals surface area contributed by atoms with Gasteiger partial charge < -0.3 is 19.5 Å². The van der Waals surface area contributed by atoms with Gasteiger partial charge in [-0.2, -0.15) is 0 Å². The van der Waals surface area contributed by atoms with E-state index >= 15 is 0 Å². The van der Waals surface area contributed by atoms with Crippen molar-refractivity contribution in [2.24, 2.45) is 0 Å². The van der Waals surface area contributed by atoms with Crippen LogP contribution in [0.25, 0.3) is 0 Å². The molecule has 0 fully saturated rings. The van der Waals surface area contributed by atoms with E-state index in [0.29, 0.717) is 6.61 Å². The Morgan fingerprint density at radius 3 is 2.24 bits per heavy atom. The number of carbonyl (C=O) groups is 2. The summed E-state index contributed by atoms with van der Waals surface area (Å²) in [7, 11) is 1.86. The van der Waals surface area contributed by atoms with Crippen LogP contribution in [0, 0.1) is 0 Å². The molecule has 0 rings (SSSR count). The van der Waals surface area contributed by atoms with Crippen LogP contribution in [-0.4, -0.2) is 51.5 Å². The lowest BCUT2D eigenvalue weighted by Gasteiger charge is -2.18. The predicted molar refractivity (Wildman–Crippen MR) is 79.8 cm³/mol. The van der Waals surface area contributed by atoms with Gasteiger partial charge in [-0.3, -0.25) is 0 Å². The first-order valence-corrected chi connectivity index (χ1v) is 6.80. The minimum absolute atomic E-state index is 0.0727. The molecule has 1 unspecified atom stereocenters. The number of nitrogens with one attached hydrogen (secondary N) is 1. The van der Waals surface area contributed by atoms with E-state index in [1.165, 1.54) is 0 Å². The number of esters is 2. The topological polar surface area (TPSA) is 73.9 Å². The SMILES string of the molecule is C=C(C)C(=O)OCC(COCCCNC)OC(=O)C(=C)C. The van der Waals surface area contributed by atoms with Crippen molar-refractivity contribution in [2.75, 3.05) is 33.4 Å². The van der Waals surface area contributed by atoms with Gasteiger partial charge in [-0.25, -0.2) is 9.59 Å². The van der Waals surface area contributed by atoms with Gasteiger partial charge in [0.05, 0.1) is 6.61 Å². The molecule has 0 aliphatic heterocycles. The summed E-state index contributed by atoms with van der Waals surface area (Å²) in [5.74, 6) is -1.06. The molecule has 0 heterocycles. The Morgan fingerprint density at radius 2 is 1.71 bits per heavy atom. The maximum absolute atomic E-state index is 11.5. The maximum Gasteiger partial charge on any atom is 0.333 e. The molecule has 6 heteroatoms. The van der Waals surface area contributed by atoms with Gasteiger partial charge in [-0.15, -0.1) is 0 Å². The lowest BCUT2D eigenvalue weighted by molar-refractivity contribution is -0.157. The van der Waals surface area contributed by atoms with Gasteiger partial charge in [0, 0.05) is 17.8 Å². The molecule has 0 aromatic carbocycles. The highest BCUT2D eigenvalue weighted by molar-refractivity contribution is 5.87. The van der Waals surface area contributed by atoms with Crippen molar-refractivity contribution >= 4 is 11.9 Å². The Bertz CT molecular complexity index is 378. The number of hydrogen-bond donors (Lipinski definition) is 1. The van der Waals surface area contributed by atoms with Crippen molar-refractivity contribution in [3.8, 4) is 0 Å². The molecule has 120 valence electrons. The third-order valence-corrected chi connectivity index (χ3v) is 2.39. The minimum Gasteiger partial charge on any atom is -0.458 e. The Kier molecular flexibility index (Phi) is 10.2. The molecular weight excluding hydrogens is 274 g/mol. The third-order valence-electron chi connectivity index (χ3n) is 2.39. The fraction of sp³-hybridized carbons (Fsp3) is 0.600. The van der Waals surface area contributed by atoms with Crippen molar-refractivity contribution < 1.29 is 23.8 Å². The van der Waals surface area contributed by atoms with Gasteiger partial charge >= 0.3 is 11.9 Å². The Balaban J connectivity index is 4.26. The molecule has 0 saturated heterocycles. The fourth-order valence-corrected chi connectivity index (χ4v) is 1.23. The zero-order valence-corrected chi connectivity index (χ0v) is 13.1. The van der Waals surface area contributed by atoms with Crippen LogP contribution in [0.2, 0.25) is 0 Å². The summed E-state index contributed by atoms with van der Waals surface area (Å²) in [5, 5.41) is 3.00. The van der Waals surface area contributed by atoms with Gasteiger partial charge in [-0.1, -0.05) is 13.2 Å². The van der Waals surface area contributed by atoms with E-state index in [0.717, 1.165) is 13.0 Å². The van der Waals surface area contributed by atoms with Crippen LogP contribution in [-0.2, 0) is 23.8 Å². The molecule has 0 amide bonds. The molecule has 0 aliphatic rings. The summed E-state index contributed by atoms with van der Waals surface area (Å²) < 4.78 is 15.6. The molecule has 21 heavy (non-hydrogen) atoms. The van der Waals surface area contributed by atoms with Crippen molar-refractivity contribution in [3.63, 3.8) is 0 Å². The Morgan fingerprint density at radius 1 is 1.10 bits per heavy atom. The average molecular weight is 299 g/mol. The van der Waals surface area contributed by atoms with Crippen LogP contribution in [0.15, 0.2) is 24.3 Å². The first-order chi connectivity index (χ1) is 9.88. The van der Waals surface area contributed by atoms with Crippen molar-refractivity contribution in [1.29, 1.82) is 0 Å². The van der Waals surface area contributed by atoms with Crippen LogP contribution in [0.5, 0.6) is 0 Å². The molecule has 1 atom stereocenters. The summed E-state index contributed by atoms with van der Waals surface area (Å²) in [4.78, 5) is 22.9. The monoisotopic (exact) mass is 299 g/mol. The molecule has 0 aliphatic carbocycles. The Labute approximate surface area is 126 Å². The van der Waals surface area contributed by atoms with Crippen LogP contribution >= 0.6 is 0 Å². The van der Waals surface area contributed by atoms with E-state index in [4.69, 9.17) is 14.2 Å². The third kappa shape index (κ3) is 9.81. The summed E-state index contributed by atoms with van der Waals surface area (Å²) in [6.07, 6.45) is 0.176. The van der Waals surface area contributed by atoms with Crippen LogP contribution in [0.3, 0.4) is 0 Å². The lowest BCUT2D eigenvalue weighted by Crippen LogP contribution is -2.30. The van der Waals surface area contributed by atoms with Crippen LogP contribution < -0.4 is 5.32 Å².